The molecule has 0 saturated heterocycles. The van der Waals surface area contributed by atoms with Gasteiger partial charge in [0.1, 0.15) is 0 Å². The van der Waals surface area contributed by atoms with E-state index in [0.717, 1.165) is 24.8 Å². The highest BCUT2D eigenvalue weighted by atomic mass is 16.3. The molecule has 0 spiro atoms. The summed E-state index contributed by atoms with van der Waals surface area (Å²) in [5.74, 6) is 0.481. The van der Waals surface area contributed by atoms with Crippen LogP contribution in [0.25, 0.3) is 0 Å². The van der Waals surface area contributed by atoms with Gasteiger partial charge in [0.05, 0.1) is 13.2 Å². The third kappa shape index (κ3) is 5.29. The van der Waals surface area contributed by atoms with Crippen LogP contribution in [0.1, 0.15) is 45.6 Å². The van der Waals surface area contributed by atoms with Gasteiger partial charge in [-0.25, -0.2) is 0 Å². The summed E-state index contributed by atoms with van der Waals surface area (Å²) in [5.41, 5.74) is 0.803. The minimum atomic E-state index is -0.354. The molecular formula is C18H29N3O2. The summed E-state index contributed by atoms with van der Waals surface area (Å²) in [7, 11) is 0. The van der Waals surface area contributed by atoms with Gasteiger partial charge in [-0.2, -0.15) is 0 Å². The maximum absolute atomic E-state index is 12.1. The average molecular weight is 319 g/mol. The topological polar surface area (TPSA) is 74.2 Å². The molecule has 23 heavy (non-hydrogen) atoms. The van der Waals surface area contributed by atoms with Gasteiger partial charge in [0.25, 0.3) is 0 Å². The summed E-state index contributed by atoms with van der Waals surface area (Å²) in [6, 6.07) is 3.78. The molecule has 0 bridgehead atoms. The second kappa shape index (κ2) is 7.41. The van der Waals surface area contributed by atoms with Crippen molar-refractivity contribution in [2.75, 3.05) is 13.2 Å². The Kier molecular flexibility index (Phi) is 5.76. The number of aromatic nitrogens is 1. The number of rotatable bonds is 6. The van der Waals surface area contributed by atoms with E-state index >= 15 is 0 Å². The van der Waals surface area contributed by atoms with Gasteiger partial charge in [0.15, 0.2) is 0 Å². The van der Waals surface area contributed by atoms with E-state index in [-0.39, 0.29) is 30.0 Å². The summed E-state index contributed by atoms with van der Waals surface area (Å²) in [5, 5.41) is 16.1. The zero-order valence-electron chi connectivity index (χ0n) is 14.4. The lowest BCUT2D eigenvalue weighted by molar-refractivity contribution is -0.121. The van der Waals surface area contributed by atoms with Crippen LogP contribution >= 0.6 is 0 Å². The maximum atomic E-state index is 12.1. The van der Waals surface area contributed by atoms with Crippen molar-refractivity contribution in [3.05, 3.63) is 30.1 Å². The van der Waals surface area contributed by atoms with Gasteiger partial charge >= 0.3 is 0 Å². The van der Waals surface area contributed by atoms with Crippen LogP contribution in [0.5, 0.6) is 0 Å². The number of pyridine rings is 1. The van der Waals surface area contributed by atoms with E-state index in [2.05, 4.69) is 36.4 Å². The Morgan fingerprint density at radius 3 is 2.83 bits per heavy atom. The molecule has 5 heteroatoms. The fraction of sp³-hybridized carbons (Fsp3) is 0.667. The van der Waals surface area contributed by atoms with Gasteiger partial charge < -0.3 is 15.7 Å². The largest absolute Gasteiger partial charge is 0.394 e. The first-order valence-corrected chi connectivity index (χ1v) is 8.36. The molecule has 2 rings (SSSR count). The lowest BCUT2D eigenvalue weighted by atomic mass is 9.64. The maximum Gasteiger partial charge on any atom is 0.234 e. The molecule has 1 aromatic rings. The van der Waals surface area contributed by atoms with Crippen LogP contribution in [0.2, 0.25) is 0 Å². The molecule has 0 aliphatic heterocycles. The van der Waals surface area contributed by atoms with Gasteiger partial charge in [0.2, 0.25) is 5.91 Å². The molecule has 1 amide bonds. The summed E-state index contributed by atoms with van der Waals surface area (Å²) in [4.78, 5) is 16.1. The van der Waals surface area contributed by atoms with Crippen molar-refractivity contribution in [3.8, 4) is 0 Å². The Labute approximate surface area is 138 Å². The molecule has 5 nitrogen and oxygen atoms in total. The first kappa shape index (κ1) is 17.9. The highest BCUT2D eigenvalue weighted by molar-refractivity contribution is 5.78. The van der Waals surface area contributed by atoms with E-state index in [1.165, 1.54) is 0 Å². The SMILES string of the molecule is CC1CC(C)(C)CC(CO)(NCC(=O)NCc2cccnc2)C1. The van der Waals surface area contributed by atoms with Gasteiger partial charge in [-0.15, -0.1) is 0 Å². The van der Waals surface area contributed by atoms with Crippen LogP contribution in [0.15, 0.2) is 24.5 Å². The molecule has 1 aliphatic rings. The Balaban J connectivity index is 1.86. The third-order valence-corrected chi connectivity index (χ3v) is 4.60. The third-order valence-electron chi connectivity index (χ3n) is 4.60. The number of aliphatic hydroxyl groups is 1. The molecule has 2 atom stereocenters. The number of hydrogen-bond donors (Lipinski definition) is 3. The zero-order valence-corrected chi connectivity index (χ0v) is 14.4. The number of carbonyl (C=O) groups is 1. The predicted molar refractivity (Wildman–Crippen MR) is 90.7 cm³/mol. The van der Waals surface area contributed by atoms with Crippen LogP contribution < -0.4 is 10.6 Å². The fourth-order valence-corrected chi connectivity index (χ4v) is 4.09. The number of nitrogens with one attached hydrogen (secondary N) is 2. The number of carbonyl (C=O) groups excluding carboxylic acids is 1. The molecule has 1 fully saturated rings. The van der Waals surface area contributed by atoms with E-state index < -0.39 is 0 Å². The highest BCUT2D eigenvalue weighted by Crippen LogP contribution is 2.43. The van der Waals surface area contributed by atoms with Crippen LogP contribution in [0.3, 0.4) is 0 Å². The summed E-state index contributed by atoms with van der Waals surface area (Å²) in [6.45, 7) is 7.45. The van der Waals surface area contributed by atoms with Crippen molar-refractivity contribution in [2.24, 2.45) is 11.3 Å². The van der Waals surface area contributed by atoms with E-state index in [0.29, 0.717) is 12.5 Å². The van der Waals surface area contributed by atoms with Gasteiger partial charge in [0, 0.05) is 24.5 Å². The van der Waals surface area contributed by atoms with Crippen molar-refractivity contribution in [1.82, 2.24) is 15.6 Å². The summed E-state index contributed by atoms with van der Waals surface area (Å²) in [6.07, 6.45) is 6.40. The second-order valence-electron chi connectivity index (χ2n) is 7.78. The monoisotopic (exact) mass is 319 g/mol. The lowest BCUT2D eigenvalue weighted by Gasteiger charge is -2.47. The van der Waals surface area contributed by atoms with E-state index in [4.69, 9.17) is 0 Å². The first-order chi connectivity index (χ1) is 10.8. The minimum absolute atomic E-state index is 0.0577. The van der Waals surface area contributed by atoms with E-state index in [1.807, 2.05) is 12.1 Å². The summed E-state index contributed by atoms with van der Waals surface area (Å²) < 4.78 is 0. The summed E-state index contributed by atoms with van der Waals surface area (Å²) >= 11 is 0. The van der Waals surface area contributed by atoms with E-state index in [1.54, 1.807) is 12.4 Å². The van der Waals surface area contributed by atoms with Crippen molar-refractivity contribution < 1.29 is 9.90 Å². The molecular weight excluding hydrogens is 290 g/mol. The van der Waals surface area contributed by atoms with Gasteiger partial charge in [-0.05, 0) is 42.2 Å². The average Bonchev–Trinajstić information content (AvgIpc) is 2.50. The minimum Gasteiger partial charge on any atom is -0.394 e. The van der Waals surface area contributed by atoms with Crippen LogP contribution in [-0.4, -0.2) is 34.7 Å². The smallest absolute Gasteiger partial charge is 0.234 e. The van der Waals surface area contributed by atoms with Gasteiger partial charge in [-0.1, -0.05) is 26.8 Å². The standard InChI is InChI=1S/C18H29N3O2/c1-14-7-17(2,3)12-18(8-14,13-22)21-11-16(23)20-10-15-5-4-6-19-9-15/h4-6,9,14,21-22H,7-8,10-13H2,1-3H3,(H,20,23). The molecule has 1 saturated carbocycles. The predicted octanol–water partition coefficient (Wildman–Crippen LogP) is 1.86. The Morgan fingerprint density at radius 2 is 2.22 bits per heavy atom. The number of hydrogen-bond acceptors (Lipinski definition) is 4. The number of amides is 1. The molecule has 1 aliphatic carbocycles. The zero-order chi connectivity index (χ0) is 16.9. The molecule has 1 heterocycles. The fourth-order valence-electron chi connectivity index (χ4n) is 4.09. The normalized spacial score (nSPS) is 26.7. The van der Waals surface area contributed by atoms with Crippen LogP contribution in [0.4, 0.5) is 0 Å². The molecule has 1 aromatic heterocycles. The van der Waals surface area contributed by atoms with Crippen molar-refractivity contribution in [1.29, 1.82) is 0 Å². The molecule has 3 N–H and O–H groups in total. The quantitative estimate of drug-likeness (QED) is 0.748. The molecule has 0 aromatic carbocycles. The first-order valence-electron chi connectivity index (χ1n) is 8.36. The van der Waals surface area contributed by atoms with Gasteiger partial charge in [-0.3, -0.25) is 9.78 Å². The second-order valence-corrected chi connectivity index (χ2v) is 7.78. The molecule has 2 unspecified atom stereocenters. The molecule has 128 valence electrons. The Bertz CT molecular complexity index is 518. The Morgan fingerprint density at radius 1 is 1.43 bits per heavy atom. The van der Waals surface area contributed by atoms with Crippen molar-refractivity contribution in [2.45, 2.75) is 52.1 Å². The Hall–Kier alpha value is -1.46. The van der Waals surface area contributed by atoms with Crippen LogP contribution in [0, 0.1) is 11.3 Å². The lowest BCUT2D eigenvalue weighted by Crippen LogP contribution is -2.57. The van der Waals surface area contributed by atoms with Crippen molar-refractivity contribution >= 4 is 5.91 Å². The van der Waals surface area contributed by atoms with Crippen LogP contribution in [-0.2, 0) is 11.3 Å². The number of nitrogens with zero attached hydrogens (tertiary/aromatic N) is 1. The number of aliphatic hydroxyl groups excluding tert-OH is 1. The van der Waals surface area contributed by atoms with Crippen molar-refractivity contribution in [3.63, 3.8) is 0 Å². The molecule has 0 radical (unpaired) electrons. The van der Waals surface area contributed by atoms with E-state index in [9.17, 15) is 9.90 Å². The highest BCUT2D eigenvalue weighted by Gasteiger charge is 2.42.